The van der Waals surface area contributed by atoms with E-state index < -0.39 is 0 Å². The predicted molar refractivity (Wildman–Crippen MR) is 69.4 cm³/mol. The molecule has 2 rings (SSSR count). The quantitative estimate of drug-likeness (QED) is 0.806. The Morgan fingerprint density at radius 2 is 2.06 bits per heavy atom. The lowest BCUT2D eigenvalue weighted by atomic mass is 10.3. The molecular formula is C12H20ClN3O. The molecule has 1 aliphatic heterocycles. The Bertz CT molecular complexity index is 334. The molecule has 1 aromatic heterocycles. The number of halogens is 1. The van der Waals surface area contributed by atoms with E-state index in [2.05, 4.69) is 22.2 Å². The van der Waals surface area contributed by atoms with Gasteiger partial charge in [-0.25, -0.2) is 0 Å². The van der Waals surface area contributed by atoms with Crippen LogP contribution in [0.5, 0.6) is 0 Å². The van der Waals surface area contributed by atoms with Crippen LogP contribution in [0.1, 0.15) is 5.76 Å². The third-order valence-corrected chi connectivity index (χ3v) is 3.33. The first-order valence-electron chi connectivity index (χ1n) is 6.10. The Hall–Kier alpha value is -0.550. The summed E-state index contributed by atoms with van der Waals surface area (Å²) in [5.41, 5.74) is 0. The first-order chi connectivity index (χ1) is 8.24. The van der Waals surface area contributed by atoms with Crippen molar-refractivity contribution < 1.29 is 4.42 Å². The van der Waals surface area contributed by atoms with Crippen molar-refractivity contribution in [3.8, 4) is 0 Å². The molecule has 1 fully saturated rings. The largest absolute Gasteiger partial charge is 0.448 e. The highest BCUT2D eigenvalue weighted by Gasteiger charge is 2.12. The number of piperazine rings is 1. The van der Waals surface area contributed by atoms with Gasteiger partial charge in [0.1, 0.15) is 5.76 Å². The molecule has 0 radical (unpaired) electrons. The van der Waals surface area contributed by atoms with E-state index in [1.165, 1.54) is 26.2 Å². The second kappa shape index (κ2) is 6.40. The molecule has 0 amide bonds. The molecule has 1 saturated heterocycles. The van der Waals surface area contributed by atoms with Gasteiger partial charge >= 0.3 is 0 Å². The molecule has 2 heterocycles. The standard InChI is InChI=1S/C12H20ClN3O/c1-15-6-8-16(9-7-15)5-4-14-10-11-2-3-12(13)17-11/h2-3,14H,4-10H2,1H3. The summed E-state index contributed by atoms with van der Waals surface area (Å²) < 4.78 is 5.27. The van der Waals surface area contributed by atoms with Crippen LogP contribution in [0.3, 0.4) is 0 Å². The van der Waals surface area contributed by atoms with Crippen molar-refractivity contribution in [2.24, 2.45) is 0 Å². The monoisotopic (exact) mass is 257 g/mol. The van der Waals surface area contributed by atoms with Gasteiger partial charge in [-0.3, -0.25) is 4.90 Å². The normalized spacial score (nSPS) is 18.7. The Morgan fingerprint density at radius 1 is 1.29 bits per heavy atom. The summed E-state index contributed by atoms with van der Waals surface area (Å²) in [7, 11) is 2.18. The maximum Gasteiger partial charge on any atom is 0.193 e. The van der Waals surface area contributed by atoms with Gasteiger partial charge in [0.15, 0.2) is 5.22 Å². The lowest BCUT2D eigenvalue weighted by Crippen LogP contribution is -2.46. The van der Waals surface area contributed by atoms with Gasteiger partial charge in [-0.2, -0.15) is 0 Å². The summed E-state index contributed by atoms with van der Waals surface area (Å²) in [5, 5.41) is 3.82. The van der Waals surface area contributed by atoms with Gasteiger partial charge < -0.3 is 14.6 Å². The van der Waals surface area contributed by atoms with Crippen LogP contribution in [0.25, 0.3) is 0 Å². The number of rotatable bonds is 5. The molecule has 96 valence electrons. The highest BCUT2D eigenvalue weighted by atomic mass is 35.5. The predicted octanol–water partition coefficient (Wildman–Crippen LogP) is 1.27. The molecule has 5 heteroatoms. The van der Waals surface area contributed by atoms with Gasteiger partial charge in [-0.05, 0) is 30.8 Å². The number of nitrogens with zero attached hydrogens (tertiary/aromatic N) is 2. The first-order valence-corrected chi connectivity index (χ1v) is 6.47. The highest BCUT2D eigenvalue weighted by molar-refractivity contribution is 6.28. The fourth-order valence-electron chi connectivity index (χ4n) is 1.97. The Kier molecular flexibility index (Phi) is 4.86. The van der Waals surface area contributed by atoms with Gasteiger partial charge in [0.05, 0.1) is 6.54 Å². The van der Waals surface area contributed by atoms with Crippen molar-refractivity contribution in [3.05, 3.63) is 23.1 Å². The summed E-state index contributed by atoms with van der Waals surface area (Å²) in [6.45, 7) is 7.53. The van der Waals surface area contributed by atoms with E-state index >= 15 is 0 Å². The van der Waals surface area contributed by atoms with Crippen molar-refractivity contribution in [2.75, 3.05) is 46.3 Å². The zero-order chi connectivity index (χ0) is 12.1. The molecule has 0 aromatic carbocycles. The van der Waals surface area contributed by atoms with Crippen LogP contribution in [0.2, 0.25) is 5.22 Å². The molecule has 4 nitrogen and oxygen atoms in total. The number of hydrogen-bond donors (Lipinski definition) is 1. The third-order valence-electron chi connectivity index (χ3n) is 3.13. The van der Waals surface area contributed by atoms with E-state index in [1.54, 1.807) is 6.07 Å². The first kappa shape index (κ1) is 12.9. The number of furan rings is 1. The van der Waals surface area contributed by atoms with Crippen LogP contribution in [0, 0.1) is 0 Å². The molecule has 0 unspecified atom stereocenters. The van der Waals surface area contributed by atoms with Crippen LogP contribution < -0.4 is 5.32 Å². The Labute approximate surface area is 108 Å². The third kappa shape index (κ3) is 4.32. The van der Waals surface area contributed by atoms with Gasteiger partial charge in [0.25, 0.3) is 0 Å². The summed E-state index contributed by atoms with van der Waals surface area (Å²) >= 11 is 5.70. The zero-order valence-corrected chi connectivity index (χ0v) is 11.0. The fourth-order valence-corrected chi connectivity index (χ4v) is 2.13. The van der Waals surface area contributed by atoms with Crippen molar-refractivity contribution in [2.45, 2.75) is 6.54 Å². The van der Waals surface area contributed by atoms with Gasteiger partial charge in [0, 0.05) is 39.3 Å². The average Bonchev–Trinajstić information content (AvgIpc) is 2.73. The molecule has 1 N–H and O–H groups in total. The number of nitrogens with one attached hydrogen (secondary N) is 1. The zero-order valence-electron chi connectivity index (χ0n) is 10.3. The second-order valence-corrected chi connectivity index (χ2v) is 4.90. The molecule has 1 aromatic rings. The number of hydrogen-bond acceptors (Lipinski definition) is 4. The molecule has 1 aliphatic rings. The lowest BCUT2D eigenvalue weighted by molar-refractivity contribution is 0.154. The maximum absolute atomic E-state index is 5.70. The minimum atomic E-state index is 0.459. The average molecular weight is 258 g/mol. The van der Waals surface area contributed by atoms with Crippen molar-refractivity contribution in [1.29, 1.82) is 0 Å². The maximum atomic E-state index is 5.70. The lowest BCUT2D eigenvalue weighted by Gasteiger charge is -2.32. The molecule has 0 aliphatic carbocycles. The van der Waals surface area contributed by atoms with Crippen LogP contribution in [0.4, 0.5) is 0 Å². The molecule has 0 spiro atoms. The van der Waals surface area contributed by atoms with Crippen LogP contribution in [0.15, 0.2) is 16.5 Å². The molecular weight excluding hydrogens is 238 g/mol. The van der Waals surface area contributed by atoms with Crippen LogP contribution in [-0.2, 0) is 6.54 Å². The summed E-state index contributed by atoms with van der Waals surface area (Å²) in [5.74, 6) is 0.897. The molecule has 0 bridgehead atoms. The van der Waals surface area contributed by atoms with E-state index in [1.807, 2.05) is 6.07 Å². The van der Waals surface area contributed by atoms with Gasteiger partial charge in [0.2, 0.25) is 0 Å². The van der Waals surface area contributed by atoms with E-state index in [0.717, 1.165) is 25.4 Å². The fraction of sp³-hybridized carbons (Fsp3) is 0.667. The van der Waals surface area contributed by atoms with E-state index in [9.17, 15) is 0 Å². The van der Waals surface area contributed by atoms with Crippen molar-refractivity contribution in [1.82, 2.24) is 15.1 Å². The summed E-state index contributed by atoms with van der Waals surface area (Å²) in [6, 6.07) is 3.68. The Morgan fingerprint density at radius 3 is 2.71 bits per heavy atom. The summed E-state index contributed by atoms with van der Waals surface area (Å²) in [6.07, 6.45) is 0. The van der Waals surface area contributed by atoms with Crippen molar-refractivity contribution in [3.63, 3.8) is 0 Å². The molecule has 17 heavy (non-hydrogen) atoms. The minimum Gasteiger partial charge on any atom is -0.448 e. The second-order valence-electron chi connectivity index (χ2n) is 4.53. The number of likely N-dealkylation sites (N-methyl/N-ethyl adjacent to an activating group) is 1. The van der Waals surface area contributed by atoms with Gasteiger partial charge in [-0.1, -0.05) is 0 Å². The minimum absolute atomic E-state index is 0.459. The highest BCUT2D eigenvalue weighted by Crippen LogP contribution is 2.12. The molecule has 0 atom stereocenters. The summed E-state index contributed by atoms with van der Waals surface area (Å²) in [4.78, 5) is 4.86. The van der Waals surface area contributed by atoms with E-state index in [0.29, 0.717) is 5.22 Å². The van der Waals surface area contributed by atoms with Crippen LogP contribution in [-0.4, -0.2) is 56.1 Å². The van der Waals surface area contributed by atoms with Crippen LogP contribution >= 0.6 is 11.6 Å². The molecule has 0 saturated carbocycles. The van der Waals surface area contributed by atoms with Crippen molar-refractivity contribution >= 4 is 11.6 Å². The van der Waals surface area contributed by atoms with E-state index in [4.69, 9.17) is 16.0 Å². The van der Waals surface area contributed by atoms with Gasteiger partial charge in [-0.15, -0.1) is 0 Å². The van der Waals surface area contributed by atoms with E-state index in [-0.39, 0.29) is 0 Å². The Balaban J connectivity index is 1.57. The topological polar surface area (TPSA) is 31.6 Å². The SMILES string of the molecule is CN1CCN(CCNCc2ccc(Cl)o2)CC1. The smallest absolute Gasteiger partial charge is 0.193 e.